The minimum Gasteiger partial charge on any atom is -0.481 e. The van der Waals surface area contributed by atoms with Gasteiger partial charge in [0.25, 0.3) is 0 Å². The Balaban J connectivity index is 2.39. The van der Waals surface area contributed by atoms with Crippen molar-refractivity contribution < 1.29 is 14.7 Å². The number of amides is 2. The second-order valence-electron chi connectivity index (χ2n) is 6.53. The number of aliphatic carboxylic acids is 1. The van der Waals surface area contributed by atoms with Crippen LogP contribution in [-0.4, -0.2) is 29.7 Å². The maximum absolute atomic E-state index is 12.0. The van der Waals surface area contributed by atoms with E-state index in [2.05, 4.69) is 24.5 Å². The van der Waals surface area contributed by atoms with Gasteiger partial charge in [-0.2, -0.15) is 0 Å². The summed E-state index contributed by atoms with van der Waals surface area (Å²) in [5.41, 5.74) is 0. The van der Waals surface area contributed by atoms with Crippen LogP contribution in [0, 0.1) is 17.8 Å². The van der Waals surface area contributed by atoms with Crippen LogP contribution in [0.2, 0.25) is 0 Å². The molecule has 3 N–H and O–H groups in total. The van der Waals surface area contributed by atoms with Crippen molar-refractivity contribution >= 4 is 12.0 Å². The van der Waals surface area contributed by atoms with Crippen LogP contribution >= 0.6 is 0 Å². The molecule has 5 nitrogen and oxygen atoms in total. The molecule has 0 aliphatic heterocycles. The Hall–Kier alpha value is -1.26. The summed E-state index contributed by atoms with van der Waals surface area (Å²) in [4.78, 5) is 22.7. The molecule has 3 atom stereocenters. The van der Waals surface area contributed by atoms with Gasteiger partial charge in [0, 0.05) is 19.0 Å². The van der Waals surface area contributed by atoms with E-state index in [4.69, 9.17) is 5.11 Å². The first-order valence-electron chi connectivity index (χ1n) is 8.20. The largest absolute Gasteiger partial charge is 0.481 e. The summed E-state index contributed by atoms with van der Waals surface area (Å²) in [7, 11) is 0. The third kappa shape index (κ3) is 6.36. The quantitative estimate of drug-likeness (QED) is 0.676. The van der Waals surface area contributed by atoms with Crippen molar-refractivity contribution in [2.24, 2.45) is 17.8 Å². The smallest absolute Gasteiger partial charge is 0.315 e. The van der Waals surface area contributed by atoms with Gasteiger partial charge in [-0.3, -0.25) is 4.79 Å². The molecule has 0 bridgehead atoms. The van der Waals surface area contributed by atoms with E-state index in [-0.39, 0.29) is 24.4 Å². The van der Waals surface area contributed by atoms with Crippen molar-refractivity contribution in [3.63, 3.8) is 0 Å². The van der Waals surface area contributed by atoms with Gasteiger partial charge in [-0.05, 0) is 30.6 Å². The highest BCUT2D eigenvalue weighted by Crippen LogP contribution is 2.30. The fourth-order valence-electron chi connectivity index (χ4n) is 3.20. The number of carboxylic acids is 1. The topological polar surface area (TPSA) is 78.4 Å². The standard InChI is InChI=1S/C16H30N2O3/c1-4-12(9-15(19)20)10-17-16(21)18-14-8-6-5-7-13(14)11(2)3/h11-14H,4-10H2,1-3H3,(H,19,20)(H2,17,18,21). The number of carbonyl (C=O) groups is 2. The Bertz CT molecular complexity index is 344. The van der Waals surface area contributed by atoms with Crippen LogP contribution in [0.5, 0.6) is 0 Å². The van der Waals surface area contributed by atoms with Crippen LogP contribution in [0.1, 0.15) is 59.3 Å². The Labute approximate surface area is 127 Å². The lowest BCUT2D eigenvalue weighted by atomic mass is 9.78. The van der Waals surface area contributed by atoms with Crippen molar-refractivity contribution in [3.8, 4) is 0 Å². The summed E-state index contributed by atoms with van der Waals surface area (Å²) in [6.45, 7) is 6.79. The molecule has 1 aliphatic rings. The highest BCUT2D eigenvalue weighted by Gasteiger charge is 2.28. The van der Waals surface area contributed by atoms with Gasteiger partial charge in [0.1, 0.15) is 0 Å². The number of urea groups is 1. The molecule has 1 aliphatic carbocycles. The first-order valence-corrected chi connectivity index (χ1v) is 8.20. The molecule has 0 aromatic carbocycles. The average molecular weight is 298 g/mol. The van der Waals surface area contributed by atoms with Crippen LogP contribution < -0.4 is 10.6 Å². The summed E-state index contributed by atoms with van der Waals surface area (Å²) >= 11 is 0. The second kappa shape index (κ2) is 8.90. The molecule has 3 unspecified atom stereocenters. The number of hydrogen-bond donors (Lipinski definition) is 3. The minimum absolute atomic E-state index is 0.000464. The number of carboxylic acid groups (broad SMARTS) is 1. The van der Waals surface area contributed by atoms with Crippen molar-refractivity contribution in [2.45, 2.75) is 65.3 Å². The molecule has 1 fully saturated rings. The van der Waals surface area contributed by atoms with Gasteiger partial charge in [-0.25, -0.2) is 4.79 Å². The summed E-state index contributed by atoms with van der Waals surface area (Å²) in [5, 5.41) is 14.7. The average Bonchev–Trinajstić information content (AvgIpc) is 2.43. The number of hydrogen-bond acceptors (Lipinski definition) is 2. The van der Waals surface area contributed by atoms with Gasteiger partial charge in [0.05, 0.1) is 0 Å². The summed E-state index contributed by atoms with van der Waals surface area (Å²) in [6.07, 6.45) is 5.51. The van der Waals surface area contributed by atoms with Crippen molar-refractivity contribution in [3.05, 3.63) is 0 Å². The Morgan fingerprint density at radius 3 is 2.48 bits per heavy atom. The van der Waals surface area contributed by atoms with E-state index in [1.165, 1.54) is 19.3 Å². The van der Waals surface area contributed by atoms with Gasteiger partial charge in [0.2, 0.25) is 0 Å². The molecule has 0 saturated heterocycles. The Morgan fingerprint density at radius 1 is 1.24 bits per heavy atom. The number of rotatable bonds is 7. The van der Waals surface area contributed by atoms with Crippen LogP contribution in [0.4, 0.5) is 4.79 Å². The highest BCUT2D eigenvalue weighted by atomic mass is 16.4. The zero-order chi connectivity index (χ0) is 15.8. The molecule has 1 saturated carbocycles. The maximum Gasteiger partial charge on any atom is 0.315 e. The molecule has 21 heavy (non-hydrogen) atoms. The molecular weight excluding hydrogens is 268 g/mol. The summed E-state index contributed by atoms with van der Waals surface area (Å²) < 4.78 is 0. The lowest BCUT2D eigenvalue weighted by Gasteiger charge is -2.35. The van der Waals surface area contributed by atoms with Gasteiger partial charge in [-0.15, -0.1) is 0 Å². The second-order valence-corrected chi connectivity index (χ2v) is 6.53. The van der Waals surface area contributed by atoms with E-state index in [1.807, 2.05) is 6.92 Å². The SMILES string of the molecule is CCC(CNC(=O)NC1CCCCC1C(C)C)CC(=O)O. The van der Waals surface area contributed by atoms with Crippen LogP contribution in [0.3, 0.4) is 0 Å². The first kappa shape index (κ1) is 17.8. The molecule has 0 aromatic heterocycles. The Kier molecular flexibility index (Phi) is 7.54. The molecule has 122 valence electrons. The minimum atomic E-state index is -0.809. The zero-order valence-corrected chi connectivity index (χ0v) is 13.5. The van der Waals surface area contributed by atoms with Crippen molar-refractivity contribution in [2.75, 3.05) is 6.54 Å². The zero-order valence-electron chi connectivity index (χ0n) is 13.5. The van der Waals surface area contributed by atoms with E-state index < -0.39 is 5.97 Å². The molecule has 1 rings (SSSR count). The maximum atomic E-state index is 12.0. The molecule has 5 heteroatoms. The summed E-state index contributed by atoms with van der Waals surface area (Å²) in [5.74, 6) is 0.313. The van der Waals surface area contributed by atoms with Crippen LogP contribution in [0.15, 0.2) is 0 Å². The van der Waals surface area contributed by atoms with E-state index in [1.54, 1.807) is 0 Å². The third-order valence-corrected chi connectivity index (χ3v) is 4.58. The third-order valence-electron chi connectivity index (χ3n) is 4.58. The molecule has 0 radical (unpaired) electrons. The molecule has 2 amide bonds. The fraction of sp³-hybridized carbons (Fsp3) is 0.875. The van der Waals surface area contributed by atoms with Gasteiger partial charge in [-0.1, -0.05) is 40.0 Å². The predicted octanol–water partition coefficient (Wildman–Crippen LogP) is 3.00. The fourth-order valence-corrected chi connectivity index (χ4v) is 3.20. The monoisotopic (exact) mass is 298 g/mol. The van der Waals surface area contributed by atoms with Crippen molar-refractivity contribution in [1.29, 1.82) is 0 Å². The highest BCUT2D eigenvalue weighted by molar-refractivity contribution is 5.74. The van der Waals surface area contributed by atoms with Crippen LogP contribution in [0.25, 0.3) is 0 Å². The van der Waals surface area contributed by atoms with Gasteiger partial charge in [0.15, 0.2) is 0 Å². The number of carbonyl (C=O) groups excluding carboxylic acids is 1. The molecule has 0 aromatic rings. The molecular formula is C16H30N2O3. The lowest BCUT2D eigenvalue weighted by Crippen LogP contribution is -2.48. The Morgan fingerprint density at radius 2 is 1.90 bits per heavy atom. The predicted molar refractivity (Wildman–Crippen MR) is 83.2 cm³/mol. The van der Waals surface area contributed by atoms with Gasteiger partial charge >= 0.3 is 12.0 Å². The van der Waals surface area contributed by atoms with E-state index in [0.717, 1.165) is 12.8 Å². The molecule has 0 heterocycles. The van der Waals surface area contributed by atoms with Crippen molar-refractivity contribution in [1.82, 2.24) is 10.6 Å². The van der Waals surface area contributed by atoms with E-state index in [0.29, 0.717) is 18.4 Å². The summed E-state index contributed by atoms with van der Waals surface area (Å²) in [6, 6.07) is 0.0923. The van der Waals surface area contributed by atoms with E-state index >= 15 is 0 Å². The van der Waals surface area contributed by atoms with E-state index in [9.17, 15) is 9.59 Å². The lowest BCUT2D eigenvalue weighted by molar-refractivity contribution is -0.138. The normalized spacial score (nSPS) is 23.6. The van der Waals surface area contributed by atoms with Gasteiger partial charge < -0.3 is 15.7 Å². The van der Waals surface area contributed by atoms with Crippen LogP contribution in [-0.2, 0) is 4.79 Å². The number of nitrogens with one attached hydrogen (secondary N) is 2. The first-order chi connectivity index (χ1) is 9.93. The molecule has 0 spiro atoms.